The molecule has 136 valence electrons. The van der Waals surface area contributed by atoms with E-state index in [1.165, 1.54) is 22.7 Å². The summed E-state index contributed by atoms with van der Waals surface area (Å²) in [5.74, 6) is 0.281. The molecule has 1 aromatic carbocycles. The summed E-state index contributed by atoms with van der Waals surface area (Å²) in [5, 5.41) is 1.29. The van der Waals surface area contributed by atoms with Gasteiger partial charge in [0.1, 0.15) is 0 Å². The molecule has 0 bridgehead atoms. The summed E-state index contributed by atoms with van der Waals surface area (Å²) in [6.07, 6.45) is 5.21. The first-order chi connectivity index (χ1) is 11.9. The van der Waals surface area contributed by atoms with Gasteiger partial charge >= 0.3 is 0 Å². The van der Waals surface area contributed by atoms with Crippen LogP contribution in [0.4, 0.5) is 0 Å². The molecule has 25 heavy (non-hydrogen) atoms. The van der Waals surface area contributed by atoms with Crippen molar-refractivity contribution < 1.29 is 13.2 Å². The number of fused-ring (bicyclic) bond motifs is 1. The average molecular weight is 363 g/mol. The Balaban J connectivity index is 1.29. The number of ether oxygens (including phenoxy) is 1. The molecule has 2 aliphatic heterocycles. The Morgan fingerprint density at radius 3 is 2.92 bits per heavy atom. The Labute approximate surface area is 148 Å². The molecule has 0 saturated carbocycles. The van der Waals surface area contributed by atoms with E-state index in [0.29, 0.717) is 13.2 Å². The molecule has 2 aliphatic rings. The summed E-state index contributed by atoms with van der Waals surface area (Å²) in [7, 11) is -3.12. The molecule has 0 radical (unpaired) electrons. The molecule has 3 heterocycles. The van der Waals surface area contributed by atoms with E-state index in [9.17, 15) is 8.42 Å². The number of H-pyrrole nitrogens is 1. The van der Waals surface area contributed by atoms with Crippen LogP contribution in [0.5, 0.6) is 0 Å². The van der Waals surface area contributed by atoms with Crippen LogP contribution in [0.3, 0.4) is 0 Å². The summed E-state index contributed by atoms with van der Waals surface area (Å²) in [6.45, 7) is 3.98. The Morgan fingerprint density at radius 1 is 1.36 bits per heavy atom. The maximum absolute atomic E-state index is 11.2. The first-order valence-electron chi connectivity index (χ1n) is 8.78. The molecule has 2 N–H and O–H groups in total. The van der Waals surface area contributed by atoms with Gasteiger partial charge in [-0.25, -0.2) is 13.1 Å². The largest absolute Gasteiger partial charge is 0.372 e. The van der Waals surface area contributed by atoms with Crippen molar-refractivity contribution in [3.8, 4) is 0 Å². The molecular weight excluding hydrogens is 338 g/mol. The van der Waals surface area contributed by atoms with Crippen LogP contribution in [-0.2, 0) is 21.3 Å². The smallest absolute Gasteiger partial charge is 0.208 e. The molecule has 2 fully saturated rings. The lowest BCUT2D eigenvalue weighted by Crippen LogP contribution is -2.64. The van der Waals surface area contributed by atoms with Gasteiger partial charge in [0.05, 0.1) is 18.5 Å². The van der Waals surface area contributed by atoms with E-state index in [1.807, 2.05) is 6.20 Å². The molecular formula is C18H25N3O3S. The molecule has 0 amide bonds. The Bertz CT molecular complexity index is 845. The maximum Gasteiger partial charge on any atom is 0.208 e. The van der Waals surface area contributed by atoms with E-state index in [1.54, 1.807) is 0 Å². The molecule has 1 aromatic heterocycles. The van der Waals surface area contributed by atoms with Gasteiger partial charge < -0.3 is 9.72 Å². The first kappa shape index (κ1) is 17.0. The van der Waals surface area contributed by atoms with Crippen molar-refractivity contribution in [3.05, 3.63) is 36.0 Å². The second kappa shape index (κ2) is 6.39. The van der Waals surface area contributed by atoms with Crippen molar-refractivity contribution in [2.45, 2.75) is 25.0 Å². The molecule has 0 aliphatic carbocycles. The lowest BCUT2D eigenvalue weighted by Gasteiger charge is -2.53. The van der Waals surface area contributed by atoms with E-state index in [-0.39, 0.29) is 11.5 Å². The van der Waals surface area contributed by atoms with Crippen molar-refractivity contribution in [1.29, 1.82) is 0 Å². The van der Waals surface area contributed by atoms with Gasteiger partial charge in [0.15, 0.2) is 0 Å². The standard InChI is InChI=1S/C18H25N3O3S/c1-25(22,23)20-9-14-5-7-18(24-11-14)12-21(13-18)10-15-3-2-4-17-16(15)6-8-19-17/h2-4,6,8,14,19-20H,5,7,9-13H2,1H3/t14-/m0/s1. The fraction of sp³-hybridized carbons (Fsp3) is 0.556. The molecule has 0 unspecified atom stereocenters. The van der Waals surface area contributed by atoms with E-state index in [0.717, 1.165) is 32.5 Å². The number of hydrogen-bond acceptors (Lipinski definition) is 4. The Morgan fingerprint density at radius 2 is 2.20 bits per heavy atom. The van der Waals surface area contributed by atoms with Gasteiger partial charge in [-0.15, -0.1) is 0 Å². The summed E-state index contributed by atoms with van der Waals surface area (Å²) < 4.78 is 31.1. The van der Waals surface area contributed by atoms with Gasteiger partial charge in [-0.2, -0.15) is 0 Å². The summed E-state index contributed by atoms with van der Waals surface area (Å²) in [6, 6.07) is 8.53. The molecule has 1 spiro atoms. The molecule has 6 nitrogen and oxygen atoms in total. The minimum atomic E-state index is -3.12. The fourth-order valence-electron chi connectivity index (χ4n) is 4.01. The van der Waals surface area contributed by atoms with Gasteiger partial charge in [0, 0.05) is 43.3 Å². The zero-order chi connectivity index (χ0) is 17.5. The highest BCUT2D eigenvalue weighted by molar-refractivity contribution is 7.88. The van der Waals surface area contributed by atoms with Crippen LogP contribution < -0.4 is 4.72 Å². The van der Waals surface area contributed by atoms with Crippen molar-refractivity contribution in [3.63, 3.8) is 0 Å². The van der Waals surface area contributed by atoms with E-state index in [2.05, 4.69) is 38.9 Å². The SMILES string of the molecule is CS(=O)(=O)NC[C@@H]1CCC2(CN(Cc3cccc4[nH]ccc34)C2)OC1. The summed E-state index contributed by atoms with van der Waals surface area (Å²) >= 11 is 0. The van der Waals surface area contributed by atoms with Crippen molar-refractivity contribution in [2.75, 3.05) is 32.5 Å². The third-order valence-corrected chi connectivity index (χ3v) is 6.06. The number of nitrogens with one attached hydrogen (secondary N) is 2. The zero-order valence-electron chi connectivity index (χ0n) is 14.5. The monoisotopic (exact) mass is 363 g/mol. The predicted molar refractivity (Wildman–Crippen MR) is 97.8 cm³/mol. The Hall–Kier alpha value is -1.41. The van der Waals surface area contributed by atoms with Crippen molar-refractivity contribution >= 4 is 20.9 Å². The van der Waals surface area contributed by atoms with Crippen LogP contribution in [0.25, 0.3) is 10.9 Å². The number of benzene rings is 1. The minimum Gasteiger partial charge on any atom is -0.372 e. The molecule has 2 aromatic rings. The van der Waals surface area contributed by atoms with E-state index >= 15 is 0 Å². The number of rotatable bonds is 5. The minimum absolute atomic E-state index is 0.0202. The zero-order valence-corrected chi connectivity index (χ0v) is 15.3. The highest BCUT2D eigenvalue weighted by Crippen LogP contribution is 2.37. The first-order valence-corrected chi connectivity index (χ1v) is 10.7. The molecule has 1 atom stereocenters. The highest BCUT2D eigenvalue weighted by Gasteiger charge is 2.46. The molecule has 7 heteroatoms. The van der Waals surface area contributed by atoms with Crippen LogP contribution in [-0.4, -0.2) is 56.4 Å². The lowest BCUT2D eigenvalue weighted by atomic mass is 9.82. The number of aromatic amines is 1. The number of likely N-dealkylation sites (tertiary alicyclic amines) is 1. The van der Waals surface area contributed by atoms with Crippen LogP contribution in [0.1, 0.15) is 18.4 Å². The van der Waals surface area contributed by atoms with Gasteiger partial charge in [0.2, 0.25) is 10.0 Å². The number of nitrogens with zero attached hydrogens (tertiary/aromatic N) is 1. The summed E-state index contributed by atoms with van der Waals surface area (Å²) in [5.41, 5.74) is 2.51. The van der Waals surface area contributed by atoms with Crippen molar-refractivity contribution in [2.24, 2.45) is 5.92 Å². The second-order valence-electron chi connectivity index (χ2n) is 7.52. The average Bonchev–Trinajstić information content (AvgIpc) is 3.01. The van der Waals surface area contributed by atoms with Crippen molar-refractivity contribution in [1.82, 2.24) is 14.6 Å². The fourth-order valence-corrected chi connectivity index (χ4v) is 4.55. The summed E-state index contributed by atoms with van der Waals surface area (Å²) in [4.78, 5) is 5.69. The maximum atomic E-state index is 11.2. The molecule has 2 saturated heterocycles. The Kier molecular flexibility index (Phi) is 4.35. The lowest BCUT2D eigenvalue weighted by molar-refractivity contribution is -0.180. The second-order valence-corrected chi connectivity index (χ2v) is 9.35. The highest BCUT2D eigenvalue weighted by atomic mass is 32.2. The normalized spacial score (nSPS) is 23.8. The quantitative estimate of drug-likeness (QED) is 0.848. The predicted octanol–water partition coefficient (Wildman–Crippen LogP) is 1.70. The van der Waals surface area contributed by atoms with Crippen LogP contribution >= 0.6 is 0 Å². The van der Waals surface area contributed by atoms with E-state index < -0.39 is 10.0 Å². The third kappa shape index (κ3) is 3.74. The molecule has 4 rings (SSSR count). The number of hydrogen-bond donors (Lipinski definition) is 2. The van der Waals surface area contributed by atoms with Gasteiger partial charge in [-0.05, 0) is 36.5 Å². The topological polar surface area (TPSA) is 74.4 Å². The van der Waals surface area contributed by atoms with Crippen LogP contribution in [0.2, 0.25) is 0 Å². The van der Waals surface area contributed by atoms with Gasteiger partial charge in [-0.1, -0.05) is 12.1 Å². The van der Waals surface area contributed by atoms with Gasteiger partial charge in [0.25, 0.3) is 0 Å². The number of aromatic nitrogens is 1. The van der Waals surface area contributed by atoms with Crippen LogP contribution in [0, 0.1) is 5.92 Å². The third-order valence-electron chi connectivity index (χ3n) is 5.37. The van der Waals surface area contributed by atoms with Crippen LogP contribution in [0.15, 0.2) is 30.5 Å². The van der Waals surface area contributed by atoms with E-state index in [4.69, 9.17) is 4.74 Å². The number of sulfonamides is 1. The van der Waals surface area contributed by atoms with Gasteiger partial charge in [-0.3, -0.25) is 4.90 Å².